The number of anilines is 2. The van der Waals surface area contributed by atoms with E-state index in [0.29, 0.717) is 19.4 Å². The number of pyridine rings is 1. The number of methoxy groups -OCH3 is 2. The number of hydrogen-bond donors (Lipinski definition) is 2. The number of ether oxygens (including phenoxy) is 4. The summed E-state index contributed by atoms with van der Waals surface area (Å²) in [5.41, 5.74) is 0.0684. The molecule has 12 heteroatoms. The first-order valence-electron chi connectivity index (χ1n) is 12.1. The Labute approximate surface area is 214 Å². The number of amides is 2. The highest BCUT2D eigenvalue weighted by Gasteiger charge is 2.31. The lowest BCUT2D eigenvalue weighted by Gasteiger charge is -2.30. The molecule has 0 radical (unpaired) electrons. The molecule has 3 rings (SSSR count). The van der Waals surface area contributed by atoms with Crippen LogP contribution in [0.2, 0.25) is 0 Å². The third-order valence-corrected chi connectivity index (χ3v) is 5.95. The third-order valence-electron chi connectivity index (χ3n) is 5.95. The molecule has 0 saturated heterocycles. The molecule has 1 fully saturated rings. The molecule has 0 atom stereocenters. The summed E-state index contributed by atoms with van der Waals surface area (Å²) in [5.74, 6) is 1.32. The van der Waals surface area contributed by atoms with Crippen LogP contribution in [0.15, 0.2) is 36.5 Å². The van der Waals surface area contributed by atoms with Crippen molar-refractivity contribution in [3.8, 4) is 17.2 Å². The van der Waals surface area contributed by atoms with Gasteiger partial charge in [0, 0.05) is 44.6 Å². The average molecular weight is 527 g/mol. The van der Waals surface area contributed by atoms with Crippen LogP contribution in [0.5, 0.6) is 17.2 Å². The largest absolute Gasteiger partial charge is 0.573 e. The number of carbonyl (C=O) groups excluding carboxylic acids is 1. The summed E-state index contributed by atoms with van der Waals surface area (Å²) in [5, 5.41) is 5.42. The van der Waals surface area contributed by atoms with Gasteiger partial charge in [0.15, 0.2) is 0 Å². The summed E-state index contributed by atoms with van der Waals surface area (Å²) in [6, 6.07) is 6.58. The smallest absolute Gasteiger partial charge is 0.495 e. The molecule has 1 aliphatic carbocycles. The van der Waals surface area contributed by atoms with Crippen molar-refractivity contribution in [2.75, 3.05) is 44.1 Å². The van der Waals surface area contributed by atoms with Crippen LogP contribution < -0.4 is 29.7 Å². The summed E-state index contributed by atoms with van der Waals surface area (Å²) >= 11 is 0. The molecule has 1 aromatic carbocycles. The highest BCUT2D eigenvalue weighted by atomic mass is 19.4. The van der Waals surface area contributed by atoms with Gasteiger partial charge in [-0.3, -0.25) is 0 Å². The zero-order valence-electron chi connectivity index (χ0n) is 21.1. The fourth-order valence-electron chi connectivity index (χ4n) is 4.13. The van der Waals surface area contributed by atoms with Gasteiger partial charge in [0.05, 0.1) is 25.5 Å². The Morgan fingerprint density at radius 2 is 1.86 bits per heavy atom. The Balaban J connectivity index is 1.50. The molecule has 0 aliphatic heterocycles. The van der Waals surface area contributed by atoms with Crippen LogP contribution in [-0.4, -0.2) is 63.4 Å². The van der Waals surface area contributed by atoms with E-state index in [4.69, 9.17) is 14.2 Å². The van der Waals surface area contributed by atoms with E-state index in [1.54, 1.807) is 13.3 Å². The number of likely N-dealkylation sites (N-methyl/N-ethyl adjacent to an activating group) is 1. The van der Waals surface area contributed by atoms with Crippen LogP contribution in [0.3, 0.4) is 0 Å². The SMILES string of the molecule is CCN(CCOC)c1cc(O[C@H]2CC[C@H](NC(=O)Nc3cc(OC(F)(F)F)ccc3OC)CC2)ccn1. The summed E-state index contributed by atoms with van der Waals surface area (Å²) in [6.45, 7) is 4.18. The van der Waals surface area contributed by atoms with Crippen molar-refractivity contribution in [2.24, 2.45) is 0 Å². The molecule has 2 aromatic rings. The Morgan fingerprint density at radius 1 is 1.11 bits per heavy atom. The molecule has 1 saturated carbocycles. The van der Waals surface area contributed by atoms with Gasteiger partial charge < -0.3 is 34.5 Å². The summed E-state index contributed by atoms with van der Waals surface area (Å²) in [7, 11) is 3.02. The number of urea groups is 1. The maximum absolute atomic E-state index is 12.5. The van der Waals surface area contributed by atoms with Gasteiger partial charge in [-0.15, -0.1) is 13.2 Å². The van der Waals surface area contributed by atoms with Gasteiger partial charge >= 0.3 is 12.4 Å². The molecule has 1 aromatic heterocycles. The quantitative estimate of drug-likeness (QED) is 0.427. The van der Waals surface area contributed by atoms with Crippen LogP contribution in [0.1, 0.15) is 32.6 Å². The van der Waals surface area contributed by atoms with Crippen molar-refractivity contribution in [2.45, 2.75) is 51.1 Å². The van der Waals surface area contributed by atoms with Crippen molar-refractivity contribution in [1.29, 1.82) is 0 Å². The Hall–Kier alpha value is -3.41. The Morgan fingerprint density at radius 3 is 2.51 bits per heavy atom. The van der Waals surface area contributed by atoms with Crippen molar-refractivity contribution in [1.82, 2.24) is 10.3 Å². The van der Waals surface area contributed by atoms with E-state index in [9.17, 15) is 18.0 Å². The number of carbonyl (C=O) groups is 1. The van der Waals surface area contributed by atoms with Gasteiger partial charge in [0.25, 0.3) is 0 Å². The molecule has 2 amide bonds. The maximum Gasteiger partial charge on any atom is 0.573 e. The van der Waals surface area contributed by atoms with E-state index in [1.165, 1.54) is 13.2 Å². The van der Waals surface area contributed by atoms with E-state index >= 15 is 0 Å². The summed E-state index contributed by atoms with van der Waals surface area (Å²) < 4.78 is 58.0. The lowest BCUT2D eigenvalue weighted by Crippen LogP contribution is -2.41. The van der Waals surface area contributed by atoms with Gasteiger partial charge in [0.1, 0.15) is 23.1 Å². The highest BCUT2D eigenvalue weighted by molar-refractivity contribution is 5.91. The van der Waals surface area contributed by atoms with Crippen LogP contribution >= 0.6 is 0 Å². The second-order valence-corrected chi connectivity index (χ2v) is 8.52. The third kappa shape index (κ3) is 8.88. The predicted molar refractivity (Wildman–Crippen MR) is 133 cm³/mol. The predicted octanol–water partition coefficient (Wildman–Crippen LogP) is 4.97. The van der Waals surface area contributed by atoms with Crippen molar-refractivity contribution in [3.63, 3.8) is 0 Å². The van der Waals surface area contributed by atoms with Crippen molar-refractivity contribution < 1.29 is 36.9 Å². The highest BCUT2D eigenvalue weighted by Crippen LogP contribution is 2.32. The van der Waals surface area contributed by atoms with E-state index in [1.807, 2.05) is 12.1 Å². The monoisotopic (exact) mass is 526 g/mol. The minimum Gasteiger partial charge on any atom is -0.495 e. The number of hydrogen-bond acceptors (Lipinski definition) is 7. The second-order valence-electron chi connectivity index (χ2n) is 8.52. The van der Waals surface area contributed by atoms with E-state index in [-0.39, 0.29) is 23.6 Å². The fraction of sp³-hybridized carbons (Fsp3) is 0.520. The molecule has 0 unspecified atom stereocenters. The van der Waals surface area contributed by atoms with Gasteiger partial charge in [-0.25, -0.2) is 9.78 Å². The standard InChI is InChI=1S/C25H33F3N4O5/c1-4-32(13-14-34-2)23-16-19(11-12-29-23)36-18-7-5-17(6-8-18)30-24(33)31-21-15-20(37-25(26,27)28)9-10-22(21)35-3/h9-12,15-18H,4-8,13-14H2,1-3H3,(H2,30,31,33)/t17-,18-. The van der Waals surface area contributed by atoms with Gasteiger partial charge in [-0.1, -0.05) is 0 Å². The molecule has 1 aliphatic rings. The number of nitrogens with one attached hydrogen (secondary N) is 2. The molecule has 9 nitrogen and oxygen atoms in total. The van der Waals surface area contributed by atoms with Gasteiger partial charge in [0.2, 0.25) is 0 Å². The summed E-state index contributed by atoms with van der Waals surface area (Å²) in [4.78, 5) is 19.1. The lowest BCUT2D eigenvalue weighted by atomic mass is 9.93. The van der Waals surface area contributed by atoms with E-state index in [0.717, 1.165) is 49.6 Å². The van der Waals surface area contributed by atoms with E-state index in [2.05, 4.69) is 32.2 Å². The number of halogens is 3. The topological polar surface area (TPSA) is 94.2 Å². The number of aromatic nitrogens is 1. The minimum absolute atomic E-state index is 0.00158. The van der Waals surface area contributed by atoms with Crippen LogP contribution in [0.4, 0.5) is 29.5 Å². The molecular formula is C25H33F3N4O5. The number of nitrogens with zero attached hydrogens (tertiary/aromatic N) is 2. The van der Waals surface area contributed by atoms with Gasteiger partial charge in [-0.2, -0.15) is 0 Å². The first kappa shape index (κ1) is 28.2. The van der Waals surface area contributed by atoms with Crippen LogP contribution in [0, 0.1) is 0 Å². The number of rotatable bonds is 11. The zero-order valence-corrected chi connectivity index (χ0v) is 21.1. The van der Waals surface area contributed by atoms with Crippen molar-refractivity contribution >= 4 is 17.5 Å². The van der Waals surface area contributed by atoms with Crippen LogP contribution in [-0.2, 0) is 4.74 Å². The summed E-state index contributed by atoms with van der Waals surface area (Å²) in [6.07, 6.45) is -0.253. The van der Waals surface area contributed by atoms with Crippen LogP contribution in [0.25, 0.3) is 0 Å². The van der Waals surface area contributed by atoms with Gasteiger partial charge in [-0.05, 0) is 50.8 Å². The first-order valence-corrected chi connectivity index (χ1v) is 12.1. The lowest BCUT2D eigenvalue weighted by molar-refractivity contribution is -0.274. The second kappa shape index (κ2) is 13.2. The zero-order chi connectivity index (χ0) is 26.8. The molecule has 0 bridgehead atoms. The molecule has 1 heterocycles. The Bertz CT molecular complexity index is 1020. The molecule has 2 N–H and O–H groups in total. The molecule has 204 valence electrons. The minimum atomic E-state index is -4.84. The van der Waals surface area contributed by atoms with E-state index < -0.39 is 18.1 Å². The molecular weight excluding hydrogens is 493 g/mol. The number of alkyl halides is 3. The maximum atomic E-state index is 12.5. The first-order chi connectivity index (χ1) is 17.7. The van der Waals surface area contributed by atoms with Crippen molar-refractivity contribution in [3.05, 3.63) is 36.5 Å². The molecule has 0 spiro atoms. The normalized spacial score (nSPS) is 17.6. The average Bonchev–Trinajstić information content (AvgIpc) is 2.85. The molecule has 37 heavy (non-hydrogen) atoms. The number of benzene rings is 1. The fourth-order valence-corrected chi connectivity index (χ4v) is 4.13. The Kier molecular flexibility index (Phi) is 10.1.